The molecule has 16 heavy (non-hydrogen) atoms. The number of benzene rings is 1. The van der Waals surface area contributed by atoms with Crippen LogP contribution in [0.4, 0.5) is 0 Å². The van der Waals surface area contributed by atoms with E-state index in [1.54, 1.807) is 0 Å². The second kappa shape index (κ2) is 5.37. The number of Topliss-reactive ketones (excluding diaryl/α,β-unsaturated/α-hetero) is 1. The van der Waals surface area contributed by atoms with E-state index in [2.05, 4.69) is 0 Å². The van der Waals surface area contributed by atoms with Gasteiger partial charge in [0.05, 0.1) is 21.3 Å². The molecule has 0 bridgehead atoms. The number of carbonyl (C=O) groups is 1. The van der Waals surface area contributed by atoms with Gasteiger partial charge in [-0.25, -0.2) is 5.11 Å². The van der Waals surface area contributed by atoms with Gasteiger partial charge in [-0.1, -0.05) is 0 Å². The lowest BCUT2D eigenvalue weighted by molar-refractivity contribution is 0.0826. The van der Waals surface area contributed by atoms with Crippen LogP contribution in [-0.2, 0) is 5.11 Å². The van der Waals surface area contributed by atoms with Crippen LogP contribution in [0.3, 0.4) is 0 Å². The second-order valence-electron chi connectivity index (χ2n) is 2.98. The van der Waals surface area contributed by atoms with Crippen molar-refractivity contribution in [3.63, 3.8) is 0 Å². The molecule has 1 aromatic rings. The largest absolute Gasteiger partial charge is 0.493 e. The molecule has 0 aliphatic rings. The van der Waals surface area contributed by atoms with E-state index in [0.29, 0.717) is 17.2 Å². The number of ether oxygens (including phenoxy) is 3. The van der Waals surface area contributed by atoms with E-state index >= 15 is 0 Å². The zero-order chi connectivity index (χ0) is 12.1. The molecule has 0 N–H and O–H groups in total. The smallest absolute Gasteiger partial charge is 0.203 e. The van der Waals surface area contributed by atoms with Crippen molar-refractivity contribution in [2.45, 2.75) is 0 Å². The first-order valence-electron chi connectivity index (χ1n) is 4.59. The fourth-order valence-corrected chi connectivity index (χ4v) is 1.33. The number of hydrogen-bond donors (Lipinski definition) is 0. The van der Waals surface area contributed by atoms with Gasteiger partial charge in [-0.05, 0) is 12.1 Å². The van der Waals surface area contributed by atoms with Gasteiger partial charge in [-0.2, -0.15) is 0 Å². The molecule has 5 heteroatoms. The highest BCUT2D eigenvalue weighted by Crippen LogP contribution is 2.38. The van der Waals surface area contributed by atoms with Crippen LogP contribution in [0.15, 0.2) is 12.1 Å². The van der Waals surface area contributed by atoms with Crippen LogP contribution in [0.1, 0.15) is 10.4 Å². The summed E-state index contributed by atoms with van der Waals surface area (Å²) < 4.78 is 15.2. The molecular weight excluding hydrogens is 212 g/mol. The number of ketones is 1. The molecule has 0 amide bonds. The molecule has 0 aliphatic heterocycles. The van der Waals surface area contributed by atoms with Crippen molar-refractivity contribution >= 4 is 5.78 Å². The molecule has 0 aliphatic carbocycles. The minimum atomic E-state index is -0.807. The van der Waals surface area contributed by atoms with Gasteiger partial charge in [0.1, 0.15) is 6.61 Å². The van der Waals surface area contributed by atoms with Crippen molar-refractivity contribution in [3.8, 4) is 17.2 Å². The van der Waals surface area contributed by atoms with Gasteiger partial charge in [-0.3, -0.25) is 4.79 Å². The average molecular weight is 225 g/mol. The van der Waals surface area contributed by atoms with E-state index in [1.807, 2.05) is 0 Å². The third-order valence-corrected chi connectivity index (χ3v) is 2.12. The molecule has 0 fully saturated rings. The molecule has 0 aromatic heterocycles. The topological polar surface area (TPSA) is 64.7 Å². The first-order chi connectivity index (χ1) is 7.67. The standard InChI is InChI=1S/C11H13O5/c1-14-9-4-7(8(13)6-12)5-10(15-2)11(9)16-3/h4-5H,6H2,1-3H3. The molecule has 0 saturated carbocycles. The van der Waals surface area contributed by atoms with Crippen molar-refractivity contribution in [2.24, 2.45) is 0 Å². The van der Waals surface area contributed by atoms with Crippen molar-refractivity contribution in [1.82, 2.24) is 0 Å². The summed E-state index contributed by atoms with van der Waals surface area (Å²) in [5.74, 6) is 0.601. The SMILES string of the molecule is COc1cc(C(=O)C[O])cc(OC)c1OC. The Morgan fingerprint density at radius 2 is 1.56 bits per heavy atom. The van der Waals surface area contributed by atoms with Crippen molar-refractivity contribution in [2.75, 3.05) is 27.9 Å². The van der Waals surface area contributed by atoms with Gasteiger partial charge >= 0.3 is 0 Å². The van der Waals surface area contributed by atoms with Crippen molar-refractivity contribution in [3.05, 3.63) is 17.7 Å². The maximum Gasteiger partial charge on any atom is 0.203 e. The fraction of sp³-hybridized carbons (Fsp3) is 0.364. The van der Waals surface area contributed by atoms with Gasteiger partial charge in [-0.15, -0.1) is 0 Å². The van der Waals surface area contributed by atoms with E-state index in [1.165, 1.54) is 33.5 Å². The zero-order valence-electron chi connectivity index (χ0n) is 9.40. The monoisotopic (exact) mass is 225 g/mol. The van der Waals surface area contributed by atoms with E-state index in [-0.39, 0.29) is 5.56 Å². The third kappa shape index (κ3) is 2.25. The molecular formula is C11H13O5. The summed E-state index contributed by atoms with van der Waals surface area (Å²) in [6.07, 6.45) is 0. The van der Waals surface area contributed by atoms with Crippen LogP contribution in [0, 0.1) is 0 Å². The number of methoxy groups -OCH3 is 3. The molecule has 0 unspecified atom stereocenters. The third-order valence-electron chi connectivity index (χ3n) is 2.12. The lowest BCUT2D eigenvalue weighted by atomic mass is 10.1. The summed E-state index contributed by atoms with van der Waals surface area (Å²) in [6, 6.07) is 2.92. The summed E-state index contributed by atoms with van der Waals surface area (Å²) in [4.78, 5) is 11.3. The van der Waals surface area contributed by atoms with Crippen molar-refractivity contribution < 1.29 is 24.1 Å². The van der Waals surface area contributed by atoms with Gasteiger partial charge in [0.15, 0.2) is 17.3 Å². The van der Waals surface area contributed by atoms with Crippen molar-refractivity contribution in [1.29, 1.82) is 0 Å². The molecule has 0 heterocycles. The minimum absolute atomic E-state index is 0.254. The average Bonchev–Trinajstić information content (AvgIpc) is 2.35. The van der Waals surface area contributed by atoms with Gasteiger partial charge in [0.2, 0.25) is 5.75 Å². The first-order valence-corrected chi connectivity index (χ1v) is 4.59. The predicted octanol–water partition coefficient (Wildman–Crippen LogP) is 1.33. The maximum atomic E-state index is 11.3. The van der Waals surface area contributed by atoms with Crippen LogP contribution < -0.4 is 14.2 Å². The summed E-state index contributed by atoms with van der Waals surface area (Å²) in [5.41, 5.74) is 0.254. The zero-order valence-corrected chi connectivity index (χ0v) is 9.40. The molecule has 1 aromatic carbocycles. The highest BCUT2D eigenvalue weighted by molar-refractivity contribution is 5.98. The predicted molar refractivity (Wildman–Crippen MR) is 56.0 cm³/mol. The molecule has 1 rings (SSSR count). The summed E-state index contributed by atoms with van der Waals surface area (Å²) >= 11 is 0. The minimum Gasteiger partial charge on any atom is -0.493 e. The Balaban J connectivity index is 3.31. The molecule has 5 nitrogen and oxygen atoms in total. The lowest BCUT2D eigenvalue weighted by Crippen LogP contribution is -2.05. The van der Waals surface area contributed by atoms with Crippen LogP contribution in [-0.4, -0.2) is 33.7 Å². The Hall–Kier alpha value is -1.75. The van der Waals surface area contributed by atoms with E-state index < -0.39 is 12.4 Å². The highest BCUT2D eigenvalue weighted by Gasteiger charge is 2.16. The van der Waals surface area contributed by atoms with Crippen LogP contribution in [0.5, 0.6) is 17.2 Å². The lowest BCUT2D eigenvalue weighted by Gasteiger charge is -2.13. The van der Waals surface area contributed by atoms with Crippen LogP contribution in [0.25, 0.3) is 0 Å². The van der Waals surface area contributed by atoms with E-state index in [4.69, 9.17) is 14.2 Å². The van der Waals surface area contributed by atoms with Gasteiger partial charge in [0, 0.05) is 5.56 Å². The molecule has 1 radical (unpaired) electrons. The Bertz CT molecular complexity index is 361. The Kier molecular flexibility index (Phi) is 4.13. The Labute approximate surface area is 93.6 Å². The first kappa shape index (κ1) is 12.3. The quantitative estimate of drug-likeness (QED) is 0.709. The Morgan fingerprint density at radius 3 is 1.88 bits per heavy atom. The maximum absolute atomic E-state index is 11.3. The number of carbonyl (C=O) groups excluding carboxylic acids is 1. The number of hydrogen-bond acceptors (Lipinski definition) is 4. The van der Waals surface area contributed by atoms with Gasteiger partial charge in [0.25, 0.3) is 0 Å². The highest BCUT2D eigenvalue weighted by atomic mass is 16.5. The Morgan fingerprint density at radius 1 is 1.06 bits per heavy atom. The van der Waals surface area contributed by atoms with Crippen LogP contribution in [0.2, 0.25) is 0 Å². The van der Waals surface area contributed by atoms with Crippen LogP contribution >= 0.6 is 0 Å². The van der Waals surface area contributed by atoms with E-state index in [0.717, 1.165) is 0 Å². The fourth-order valence-electron chi connectivity index (χ4n) is 1.33. The summed E-state index contributed by atoms with van der Waals surface area (Å²) in [7, 11) is 4.36. The second-order valence-corrected chi connectivity index (χ2v) is 2.98. The van der Waals surface area contributed by atoms with E-state index in [9.17, 15) is 9.90 Å². The molecule has 0 spiro atoms. The summed E-state index contributed by atoms with van der Waals surface area (Å²) in [5, 5.41) is 10.5. The normalized spacial score (nSPS) is 9.75. The number of rotatable bonds is 5. The molecule has 0 saturated heterocycles. The van der Waals surface area contributed by atoms with Gasteiger partial charge < -0.3 is 14.2 Å². The molecule has 0 atom stereocenters. The summed E-state index contributed by atoms with van der Waals surface area (Å²) in [6.45, 7) is -0.807. The molecule has 87 valence electrons.